The Morgan fingerprint density at radius 2 is 2.06 bits per heavy atom. The van der Waals surface area contributed by atoms with Gasteiger partial charge in [0, 0.05) is 11.6 Å². The molecule has 1 unspecified atom stereocenters. The molecule has 0 spiro atoms. The number of benzene rings is 1. The van der Waals surface area contributed by atoms with Gasteiger partial charge >= 0.3 is 0 Å². The van der Waals surface area contributed by atoms with Crippen molar-refractivity contribution in [2.75, 3.05) is 7.05 Å². The van der Waals surface area contributed by atoms with Crippen LogP contribution in [-0.4, -0.2) is 18.9 Å². The third-order valence-corrected chi connectivity index (χ3v) is 2.67. The van der Waals surface area contributed by atoms with Crippen molar-refractivity contribution in [3.63, 3.8) is 0 Å². The highest BCUT2D eigenvalue weighted by molar-refractivity contribution is 6.02. The Kier molecular flexibility index (Phi) is 2.93. The number of nitrogens with one attached hydrogen (secondary N) is 1. The minimum Gasteiger partial charge on any atom is -0.431 e. The molecular weight excluding hydrogens is 228 g/mol. The molecule has 1 heterocycles. The Bertz CT molecular complexity index is 577. The maximum Gasteiger partial charge on any atom is 0.278 e. The second-order valence-corrected chi connectivity index (χ2v) is 3.80. The van der Waals surface area contributed by atoms with E-state index in [-0.39, 0.29) is 22.3 Å². The smallest absolute Gasteiger partial charge is 0.278 e. The van der Waals surface area contributed by atoms with Crippen LogP contribution in [0.15, 0.2) is 22.6 Å². The first-order valence-corrected chi connectivity index (χ1v) is 5.13. The highest BCUT2D eigenvalue weighted by atomic mass is 19.1. The van der Waals surface area contributed by atoms with Crippen molar-refractivity contribution in [3.05, 3.63) is 35.6 Å². The summed E-state index contributed by atoms with van der Waals surface area (Å²) in [5.41, 5.74) is 0.195. The number of hydrogen-bond acceptors (Lipinski definition) is 3. The lowest BCUT2D eigenvalue weighted by Gasteiger charge is -2.08. The Balaban J connectivity index is 2.53. The summed E-state index contributed by atoms with van der Waals surface area (Å²) in [6.07, 6.45) is 0. The summed E-state index contributed by atoms with van der Waals surface area (Å²) < 4.78 is 31.1. The number of Topliss-reactive ketones (excluding diaryl/α,β-unsaturated/α-hetero) is 1. The number of carbonyl (C=O) groups excluding carboxylic acids is 1. The predicted octanol–water partition coefficient (Wildman–Crippen LogP) is 2.50. The quantitative estimate of drug-likeness (QED) is 0.837. The lowest BCUT2D eigenvalue weighted by molar-refractivity contribution is 0.0954. The van der Waals surface area contributed by atoms with Gasteiger partial charge < -0.3 is 9.73 Å². The van der Waals surface area contributed by atoms with Crippen molar-refractivity contribution in [1.29, 1.82) is 0 Å². The molecule has 0 fully saturated rings. The highest BCUT2D eigenvalue weighted by Gasteiger charge is 2.17. The van der Waals surface area contributed by atoms with E-state index in [1.807, 2.05) is 0 Å². The van der Waals surface area contributed by atoms with E-state index < -0.39 is 17.9 Å². The third-order valence-electron chi connectivity index (χ3n) is 2.67. The number of rotatable bonds is 3. The van der Waals surface area contributed by atoms with Gasteiger partial charge in [0.1, 0.15) is 11.4 Å². The van der Waals surface area contributed by atoms with Crippen LogP contribution in [0.1, 0.15) is 17.3 Å². The minimum absolute atomic E-state index is 0.0363. The maximum absolute atomic E-state index is 13.6. The van der Waals surface area contributed by atoms with E-state index in [0.717, 1.165) is 12.1 Å². The van der Waals surface area contributed by atoms with Gasteiger partial charge in [0.05, 0.1) is 11.4 Å². The molecule has 2 aromatic rings. The normalized spacial score (nSPS) is 12.9. The molecule has 17 heavy (non-hydrogen) atoms. The molecule has 0 amide bonds. The van der Waals surface area contributed by atoms with E-state index >= 15 is 0 Å². The molecule has 0 aliphatic heterocycles. The molecule has 0 radical (unpaired) electrons. The van der Waals surface area contributed by atoms with Gasteiger partial charge in [0.15, 0.2) is 5.78 Å². The lowest BCUT2D eigenvalue weighted by atomic mass is 10.0. The van der Waals surface area contributed by atoms with Crippen molar-refractivity contribution < 1.29 is 18.0 Å². The van der Waals surface area contributed by atoms with Gasteiger partial charge in [-0.25, -0.2) is 4.39 Å². The van der Waals surface area contributed by atoms with E-state index in [1.54, 1.807) is 14.0 Å². The van der Waals surface area contributed by atoms with Crippen molar-refractivity contribution in [2.45, 2.75) is 13.0 Å². The summed E-state index contributed by atoms with van der Waals surface area (Å²) in [5.74, 6) is -0.938. The summed E-state index contributed by atoms with van der Waals surface area (Å²) in [5, 5.41) is 2.80. The summed E-state index contributed by atoms with van der Waals surface area (Å²) in [6, 6.07) is 2.09. The van der Waals surface area contributed by atoms with Gasteiger partial charge in [-0.2, -0.15) is 4.39 Å². The number of carbonyl (C=O) groups is 1. The van der Waals surface area contributed by atoms with E-state index in [1.165, 1.54) is 6.07 Å². The molecule has 90 valence electrons. The van der Waals surface area contributed by atoms with Gasteiger partial charge in [-0.05, 0) is 26.1 Å². The summed E-state index contributed by atoms with van der Waals surface area (Å²) >= 11 is 0. The molecule has 0 aliphatic rings. The largest absolute Gasteiger partial charge is 0.431 e. The molecule has 0 saturated heterocycles. The Morgan fingerprint density at radius 1 is 1.35 bits per heavy atom. The van der Waals surface area contributed by atoms with Crippen LogP contribution in [0.5, 0.6) is 0 Å². The van der Waals surface area contributed by atoms with Crippen molar-refractivity contribution in [2.24, 2.45) is 0 Å². The van der Waals surface area contributed by atoms with Gasteiger partial charge in [-0.15, -0.1) is 0 Å². The zero-order valence-electron chi connectivity index (χ0n) is 9.38. The van der Waals surface area contributed by atoms with Gasteiger partial charge in [0.25, 0.3) is 6.01 Å². The average Bonchev–Trinajstić information content (AvgIpc) is 2.68. The predicted molar refractivity (Wildman–Crippen MR) is 59.0 cm³/mol. The Hall–Kier alpha value is -1.75. The lowest BCUT2D eigenvalue weighted by Crippen LogP contribution is -2.30. The number of ketones is 1. The van der Waals surface area contributed by atoms with E-state index in [4.69, 9.17) is 0 Å². The fraction of sp³-hybridized carbons (Fsp3) is 0.250. The van der Waals surface area contributed by atoms with Crippen LogP contribution in [0.4, 0.5) is 8.78 Å². The van der Waals surface area contributed by atoms with Crippen LogP contribution in [0.2, 0.25) is 0 Å². The molecule has 0 aliphatic carbocycles. The van der Waals surface area contributed by atoms with Gasteiger partial charge in [-0.1, -0.05) is 0 Å². The summed E-state index contributed by atoms with van der Waals surface area (Å²) in [6.45, 7) is 1.66. The monoisotopic (exact) mass is 239 g/mol. The standard InChI is InChI=1S/C12H11F2NO2/c1-6(15-2)12(16)7-3-9(13)8-5-11(14)17-10(8)4-7/h3-6,15H,1-2H3. The number of likely N-dealkylation sites (N-methyl/N-ethyl adjacent to an activating group) is 1. The summed E-state index contributed by atoms with van der Waals surface area (Å²) in [4.78, 5) is 11.8. The molecule has 1 N–H and O–H groups in total. The van der Waals surface area contributed by atoms with Gasteiger partial charge in [0.2, 0.25) is 0 Å². The van der Waals surface area contributed by atoms with Crippen molar-refractivity contribution in [3.8, 4) is 0 Å². The van der Waals surface area contributed by atoms with E-state index in [9.17, 15) is 13.6 Å². The molecule has 1 aromatic carbocycles. The zero-order chi connectivity index (χ0) is 12.6. The number of furan rings is 1. The topological polar surface area (TPSA) is 42.2 Å². The maximum atomic E-state index is 13.6. The van der Waals surface area contributed by atoms with Crippen LogP contribution >= 0.6 is 0 Å². The molecule has 1 atom stereocenters. The SMILES string of the molecule is CNC(C)C(=O)c1cc(F)c2cc(F)oc2c1. The molecule has 2 rings (SSSR count). The van der Waals surface area contributed by atoms with Crippen LogP contribution in [0, 0.1) is 11.8 Å². The van der Waals surface area contributed by atoms with Crippen molar-refractivity contribution in [1.82, 2.24) is 5.32 Å². The Labute approximate surface area is 96.4 Å². The van der Waals surface area contributed by atoms with E-state index in [0.29, 0.717) is 0 Å². The molecule has 1 aromatic heterocycles. The van der Waals surface area contributed by atoms with Crippen LogP contribution in [0.3, 0.4) is 0 Å². The second kappa shape index (κ2) is 4.25. The zero-order valence-corrected chi connectivity index (χ0v) is 9.38. The van der Waals surface area contributed by atoms with Gasteiger partial charge in [-0.3, -0.25) is 4.79 Å². The minimum atomic E-state index is -0.870. The first kappa shape index (κ1) is 11.7. The average molecular weight is 239 g/mol. The third kappa shape index (κ3) is 2.06. The number of halogens is 2. The van der Waals surface area contributed by atoms with Crippen molar-refractivity contribution >= 4 is 16.8 Å². The first-order valence-electron chi connectivity index (χ1n) is 5.13. The molecule has 5 heteroatoms. The fourth-order valence-electron chi connectivity index (χ4n) is 1.59. The van der Waals surface area contributed by atoms with Crippen LogP contribution < -0.4 is 5.32 Å². The second-order valence-electron chi connectivity index (χ2n) is 3.80. The first-order chi connectivity index (χ1) is 8.02. The van der Waals surface area contributed by atoms with Crippen LogP contribution in [-0.2, 0) is 0 Å². The number of fused-ring (bicyclic) bond motifs is 1. The molecular formula is C12H11F2NO2. The van der Waals surface area contributed by atoms with Crippen LogP contribution in [0.25, 0.3) is 11.0 Å². The Morgan fingerprint density at radius 3 is 2.71 bits per heavy atom. The highest BCUT2D eigenvalue weighted by Crippen LogP contribution is 2.23. The molecule has 0 saturated carbocycles. The summed E-state index contributed by atoms with van der Waals surface area (Å²) in [7, 11) is 1.63. The number of hydrogen-bond donors (Lipinski definition) is 1. The fourth-order valence-corrected chi connectivity index (χ4v) is 1.59. The van der Waals surface area contributed by atoms with E-state index in [2.05, 4.69) is 9.73 Å². The molecule has 0 bridgehead atoms. The molecule has 3 nitrogen and oxygen atoms in total.